The Morgan fingerprint density at radius 2 is 1.78 bits per heavy atom. The Kier molecular flexibility index (Phi) is 5.14. The summed E-state index contributed by atoms with van der Waals surface area (Å²) in [5.74, 6) is 1.10. The van der Waals surface area contributed by atoms with Gasteiger partial charge in [0.15, 0.2) is 5.58 Å². The molecule has 0 radical (unpaired) electrons. The number of hydrogen-bond acceptors (Lipinski definition) is 4. The number of nitrogens with zero attached hydrogens (tertiary/aromatic N) is 1. The topological polar surface area (TPSA) is 64.4 Å². The number of carbonyl (C=O) groups excluding carboxylic acids is 1. The second-order valence-corrected chi connectivity index (χ2v) is 7.32. The van der Waals surface area contributed by atoms with Crippen molar-refractivity contribution in [2.75, 3.05) is 12.4 Å². The number of amides is 1. The third-order valence-corrected chi connectivity index (χ3v) is 5.22. The smallest absolute Gasteiger partial charge is 0.248 e. The lowest BCUT2D eigenvalue weighted by Gasteiger charge is -2.02. The van der Waals surface area contributed by atoms with Crippen LogP contribution in [0.5, 0.6) is 5.75 Å². The SMILES string of the molecule is COc1ccc(C=CC(=O)Nc2ccc3oc(-c4cccc5ccccc45)nc3c2)cc1. The number of benzene rings is 4. The van der Waals surface area contributed by atoms with Crippen LogP contribution in [0.15, 0.2) is 95.4 Å². The highest BCUT2D eigenvalue weighted by atomic mass is 16.5. The van der Waals surface area contributed by atoms with E-state index >= 15 is 0 Å². The first-order valence-electron chi connectivity index (χ1n) is 10.2. The van der Waals surface area contributed by atoms with Gasteiger partial charge in [-0.3, -0.25) is 4.79 Å². The summed E-state index contributed by atoms with van der Waals surface area (Å²) in [6.07, 6.45) is 3.25. The van der Waals surface area contributed by atoms with Gasteiger partial charge in [-0.2, -0.15) is 0 Å². The first kappa shape index (κ1) is 19.6. The molecular weight excluding hydrogens is 400 g/mol. The van der Waals surface area contributed by atoms with E-state index in [-0.39, 0.29) is 5.91 Å². The lowest BCUT2D eigenvalue weighted by molar-refractivity contribution is -0.111. The Morgan fingerprint density at radius 3 is 2.62 bits per heavy atom. The number of rotatable bonds is 5. The zero-order valence-corrected chi connectivity index (χ0v) is 17.4. The minimum Gasteiger partial charge on any atom is -0.497 e. The van der Waals surface area contributed by atoms with Gasteiger partial charge in [0.25, 0.3) is 0 Å². The normalized spacial score (nSPS) is 11.3. The van der Waals surface area contributed by atoms with E-state index in [9.17, 15) is 4.79 Å². The minimum absolute atomic E-state index is 0.224. The largest absolute Gasteiger partial charge is 0.497 e. The summed E-state index contributed by atoms with van der Waals surface area (Å²) in [7, 11) is 1.62. The molecule has 5 rings (SSSR count). The first-order chi connectivity index (χ1) is 15.7. The highest BCUT2D eigenvalue weighted by Gasteiger charge is 2.12. The van der Waals surface area contributed by atoms with Gasteiger partial charge in [0.1, 0.15) is 11.3 Å². The molecular formula is C27H20N2O3. The number of carbonyl (C=O) groups is 1. The van der Waals surface area contributed by atoms with Gasteiger partial charge < -0.3 is 14.5 Å². The summed E-state index contributed by atoms with van der Waals surface area (Å²) in [5, 5.41) is 5.08. The van der Waals surface area contributed by atoms with Crippen molar-refractivity contribution < 1.29 is 13.9 Å². The Balaban J connectivity index is 1.37. The van der Waals surface area contributed by atoms with Crippen molar-refractivity contribution >= 4 is 39.5 Å². The van der Waals surface area contributed by atoms with E-state index in [4.69, 9.17) is 9.15 Å². The van der Waals surface area contributed by atoms with E-state index in [2.05, 4.69) is 28.5 Å². The summed E-state index contributed by atoms with van der Waals surface area (Å²) < 4.78 is 11.1. The minimum atomic E-state index is -0.224. The van der Waals surface area contributed by atoms with E-state index in [1.807, 2.05) is 60.7 Å². The molecule has 0 bridgehead atoms. The fourth-order valence-corrected chi connectivity index (χ4v) is 3.60. The first-order valence-corrected chi connectivity index (χ1v) is 10.2. The summed E-state index contributed by atoms with van der Waals surface area (Å²) in [4.78, 5) is 17.0. The third-order valence-electron chi connectivity index (χ3n) is 5.22. The zero-order valence-electron chi connectivity index (χ0n) is 17.4. The predicted octanol–water partition coefficient (Wildman–Crippen LogP) is 6.31. The second-order valence-electron chi connectivity index (χ2n) is 7.32. The van der Waals surface area contributed by atoms with E-state index in [1.54, 1.807) is 19.3 Å². The van der Waals surface area contributed by atoms with Gasteiger partial charge in [0, 0.05) is 17.3 Å². The number of aromatic nitrogens is 1. The number of hydrogen-bond donors (Lipinski definition) is 1. The Morgan fingerprint density at radius 1 is 0.969 bits per heavy atom. The number of anilines is 1. The quantitative estimate of drug-likeness (QED) is 0.339. The van der Waals surface area contributed by atoms with Crippen molar-refractivity contribution in [2.24, 2.45) is 0 Å². The van der Waals surface area contributed by atoms with Crippen LogP contribution in [0.3, 0.4) is 0 Å². The molecule has 0 spiro atoms. The molecule has 1 heterocycles. The van der Waals surface area contributed by atoms with Crippen LogP contribution < -0.4 is 10.1 Å². The molecule has 32 heavy (non-hydrogen) atoms. The molecule has 1 amide bonds. The average Bonchev–Trinajstić information content (AvgIpc) is 3.26. The lowest BCUT2D eigenvalue weighted by Crippen LogP contribution is -2.07. The van der Waals surface area contributed by atoms with E-state index in [0.29, 0.717) is 22.7 Å². The number of methoxy groups -OCH3 is 1. The number of ether oxygens (including phenoxy) is 1. The summed E-state index contributed by atoms with van der Waals surface area (Å²) in [5.41, 5.74) is 3.85. The molecule has 5 heteroatoms. The van der Waals surface area contributed by atoms with Crippen molar-refractivity contribution in [3.8, 4) is 17.2 Å². The van der Waals surface area contributed by atoms with Crippen LogP contribution in [0.1, 0.15) is 5.56 Å². The van der Waals surface area contributed by atoms with Crippen molar-refractivity contribution in [1.82, 2.24) is 4.98 Å². The fourth-order valence-electron chi connectivity index (χ4n) is 3.60. The van der Waals surface area contributed by atoms with Crippen LogP contribution in [-0.4, -0.2) is 18.0 Å². The molecule has 1 N–H and O–H groups in total. The van der Waals surface area contributed by atoms with Crippen LogP contribution >= 0.6 is 0 Å². The lowest BCUT2D eigenvalue weighted by atomic mass is 10.0. The molecule has 0 unspecified atom stereocenters. The van der Waals surface area contributed by atoms with Gasteiger partial charge in [-0.05, 0) is 58.8 Å². The molecule has 156 valence electrons. The maximum atomic E-state index is 12.4. The standard InChI is InChI=1S/C27H20N2O3/c1-31-21-13-9-18(10-14-21)11-16-26(30)28-20-12-15-25-24(17-20)29-27(32-25)23-8-4-6-19-5-2-3-7-22(19)23/h2-17H,1H3,(H,28,30). The average molecular weight is 420 g/mol. The molecule has 0 fully saturated rings. The Labute approximate surface area is 185 Å². The molecule has 5 aromatic rings. The van der Waals surface area contributed by atoms with E-state index in [0.717, 1.165) is 27.6 Å². The van der Waals surface area contributed by atoms with Crippen LogP contribution in [0.25, 0.3) is 39.4 Å². The summed E-state index contributed by atoms with van der Waals surface area (Å²) in [6.45, 7) is 0. The molecule has 0 saturated carbocycles. The van der Waals surface area contributed by atoms with Crippen LogP contribution in [-0.2, 0) is 4.79 Å². The van der Waals surface area contributed by atoms with E-state index in [1.165, 1.54) is 6.08 Å². The van der Waals surface area contributed by atoms with Gasteiger partial charge in [-0.1, -0.05) is 48.5 Å². The second kappa shape index (κ2) is 8.40. The molecule has 1 aromatic heterocycles. The molecule has 0 atom stereocenters. The summed E-state index contributed by atoms with van der Waals surface area (Å²) >= 11 is 0. The molecule has 0 saturated heterocycles. The molecule has 0 aliphatic rings. The van der Waals surface area contributed by atoms with Crippen molar-refractivity contribution in [3.05, 3.63) is 96.6 Å². The number of nitrogens with one attached hydrogen (secondary N) is 1. The highest BCUT2D eigenvalue weighted by Crippen LogP contribution is 2.31. The monoisotopic (exact) mass is 420 g/mol. The third kappa shape index (κ3) is 3.96. The van der Waals surface area contributed by atoms with Gasteiger partial charge in [0.05, 0.1) is 7.11 Å². The number of oxazole rings is 1. The van der Waals surface area contributed by atoms with Crippen molar-refractivity contribution in [3.63, 3.8) is 0 Å². The molecule has 0 aliphatic heterocycles. The Bertz CT molecular complexity index is 1440. The highest BCUT2D eigenvalue weighted by molar-refractivity contribution is 6.03. The van der Waals surface area contributed by atoms with Crippen molar-refractivity contribution in [2.45, 2.75) is 0 Å². The van der Waals surface area contributed by atoms with Crippen LogP contribution in [0.2, 0.25) is 0 Å². The van der Waals surface area contributed by atoms with Crippen LogP contribution in [0.4, 0.5) is 5.69 Å². The van der Waals surface area contributed by atoms with Gasteiger partial charge in [-0.25, -0.2) is 4.98 Å². The molecule has 0 aliphatic carbocycles. The number of fused-ring (bicyclic) bond motifs is 2. The maximum absolute atomic E-state index is 12.4. The summed E-state index contributed by atoms with van der Waals surface area (Å²) in [6, 6.07) is 27.1. The maximum Gasteiger partial charge on any atom is 0.248 e. The Hall–Kier alpha value is -4.38. The van der Waals surface area contributed by atoms with Crippen molar-refractivity contribution in [1.29, 1.82) is 0 Å². The van der Waals surface area contributed by atoms with E-state index < -0.39 is 0 Å². The fraction of sp³-hybridized carbons (Fsp3) is 0.0370. The van der Waals surface area contributed by atoms with Gasteiger partial charge in [-0.15, -0.1) is 0 Å². The predicted molar refractivity (Wildman–Crippen MR) is 128 cm³/mol. The van der Waals surface area contributed by atoms with Gasteiger partial charge >= 0.3 is 0 Å². The van der Waals surface area contributed by atoms with Gasteiger partial charge in [0.2, 0.25) is 11.8 Å². The zero-order chi connectivity index (χ0) is 21.9. The molecule has 4 aromatic carbocycles. The van der Waals surface area contributed by atoms with Crippen LogP contribution in [0, 0.1) is 0 Å². The molecule has 5 nitrogen and oxygen atoms in total.